The number of allylic oxidation sites excluding steroid dienone is 1. The van der Waals surface area contributed by atoms with Crippen molar-refractivity contribution in [2.45, 2.75) is 27.3 Å². The van der Waals surface area contributed by atoms with Gasteiger partial charge >= 0.3 is 0 Å². The van der Waals surface area contributed by atoms with Crippen LogP contribution in [0.25, 0.3) is 39.8 Å². The second kappa shape index (κ2) is 10.9. The van der Waals surface area contributed by atoms with E-state index in [1.165, 1.54) is 16.7 Å². The van der Waals surface area contributed by atoms with Crippen molar-refractivity contribution in [1.82, 2.24) is 14.5 Å². The molecule has 5 aromatic rings. The molecule has 3 aromatic carbocycles. The largest absolute Gasteiger partial charge is 0.360 e. The summed E-state index contributed by atoms with van der Waals surface area (Å²) in [6, 6.07) is 34.8. The number of rotatable bonds is 3. The van der Waals surface area contributed by atoms with Gasteiger partial charge in [0, 0.05) is 32.3 Å². The van der Waals surface area contributed by atoms with E-state index in [0.29, 0.717) is 5.92 Å². The van der Waals surface area contributed by atoms with Gasteiger partial charge in [-0.15, -0.1) is 71.8 Å². The van der Waals surface area contributed by atoms with Gasteiger partial charge in [0.25, 0.3) is 0 Å². The monoisotopic (exact) mass is 634 g/mol. The fourth-order valence-electron chi connectivity index (χ4n) is 4.24. The fraction of sp³-hybridized carbons (Fsp3) is 0.161. The first kappa shape index (κ1) is 24.8. The van der Waals surface area contributed by atoms with Gasteiger partial charge in [-0.3, -0.25) is 4.98 Å². The summed E-state index contributed by atoms with van der Waals surface area (Å²) in [4.78, 5) is 9.26. The molecule has 0 saturated heterocycles. The maximum atomic E-state index is 4.85. The summed E-state index contributed by atoms with van der Waals surface area (Å²) in [5.74, 6) is 1.56. The molecule has 2 aromatic heterocycles. The smallest absolute Gasteiger partial charge is 0.0777 e. The second-order valence-corrected chi connectivity index (χ2v) is 8.83. The van der Waals surface area contributed by atoms with E-state index < -0.39 is 0 Å². The molecule has 0 fully saturated rings. The summed E-state index contributed by atoms with van der Waals surface area (Å²) < 4.78 is 2.34. The Balaban J connectivity index is 0.000000179. The normalized spacial score (nSPS) is 11.9. The number of aryl methyl sites for hydroxylation is 1. The van der Waals surface area contributed by atoms with Crippen LogP contribution < -0.4 is 0 Å². The van der Waals surface area contributed by atoms with Crippen LogP contribution in [0.4, 0.5) is 0 Å². The molecule has 1 aliphatic heterocycles. The average molecular weight is 634 g/mol. The molecule has 35 heavy (non-hydrogen) atoms. The number of hydrogen-bond acceptors (Lipinski definition) is 2. The van der Waals surface area contributed by atoms with E-state index >= 15 is 0 Å². The topological polar surface area (TPSA) is 30.7 Å². The Kier molecular flexibility index (Phi) is 7.75. The number of nitrogens with zero attached hydrogens (tertiary/aromatic N) is 3. The summed E-state index contributed by atoms with van der Waals surface area (Å²) in [5.41, 5.74) is 9.17. The van der Waals surface area contributed by atoms with Crippen molar-refractivity contribution in [2.75, 3.05) is 0 Å². The molecular weight excluding hydrogens is 607 g/mol. The maximum absolute atomic E-state index is 4.85. The molecule has 3 nitrogen and oxygen atoms in total. The van der Waals surface area contributed by atoms with E-state index in [1.807, 2.05) is 67.6 Å². The van der Waals surface area contributed by atoms with Gasteiger partial charge in [0.05, 0.1) is 16.9 Å². The minimum Gasteiger partial charge on any atom is -0.360 e. The van der Waals surface area contributed by atoms with Crippen LogP contribution in [0.2, 0.25) is 0 Å². The molecule has 0 spiro atoms. The molecule has 4 heteroatoms. The number of hydrogen-bond donors (Lipinski definition) is 0. The Morgan fingerprint density at radius 3 is 2.17 bits per heavy atom. The quantitative estimate of drug-likeness (QED) is 0.194. The molecular formula is C31H27IrN3-2. The SMILES string of the molecule is CC(C)C1=Cc2cccc3nc(-c4[c-]cccc4)n(c23)C1.Cc1cccc(-c2[c-]cccc2)n1.[Ir]. The third-order valence-electron chi connectivity index (χ3n) is 6.04. The van der Waals surface area contributed by atoms with Gasteiger partial charge in [0.15, 0.2) is 0 Å². The van der Waals surface area contributed by atoms with E-state index in [-0.39, 0.29) is 20.1 Å². The van der Waals surface area contributed by atoms with E-state index in [1.54, 1.807) is 0 Å². The van der Waals surface area contributed by atoms with Crippen LogP contribution in [-0.4, -0.2) is 14.5 Å². The molecule has 3 heterocycles. The first-order chi connectivity index (χ1) is 16.6. The van der Waals surface area contributed by atoms with E-state index in [4.69, 9.17) is 4.98 Å². The fourth-order valence-corrected chi connectivity index (χ4v) is 4.24. The molecule has 1 aliphatic rings. The summed E-state index contributed by atoms with van der Waals surface area (Å²) in [6.45, 7) is 7.42. The Morgan fingerprint density at radius 1 is 0.800 bits per heavy atom. The van der Waals surface area contributed by atoms with Crippen molar-refractivity contribution >= 4 is 17.1 Å². The van der Waals surface area contributed by atoms with Crippen molar-refractivity contribution < 1.29 is 20.1 Å². The van der Waals surface area contributed by atoms with Crippen LogP contribution in [-0.2, 0) is 26.7 Å². The maximum Gasteiger partial charge on any atom is 0.0777 e. The van der Waals surface area contributed by atoms with Crippen molar-refractivity contribution in [2.24, 2.45) is 5.92 Å². The minimum atomic E-state index is 0. The molecule has 0 amide bonds. The molecule has 0 bridgehead atoms. The van der Waals surface area contributed by atoms with Gasteiger partial charge in [0.2, 0.25) is 0 Å². The number of para-hydroxylation sites is 1. The zero-order chi connectivity index (χ0) is 23.5. The van der Waals surface area contributed by atoms with Crippen molar-refractivity contribution in [3.05, 3.63) is 114 Å². The minimum absolute atomic E-state index is 0. The zero-order valence-electron chi connectivity index (χ0n) is 20.1. The van der Waals surface area contributed by atoms with Gasteiger partial charge < -0.3 is 9.55 Å². The van der Waals surface area contributed by atoms with Crippen LogP contribution in [0.3, 0.4) is 0 Å². The van der Waals surface area contributed by atoms with Gasteiger partial charge in [0.1, 0.15) is 0 Å². The van der Waals surface area contributed by atoms with E-state index in [9.17, 15) is 0 Å². The number of benzene rings is 3. The number of imidazole rings is 1. The molecule has 177 valence electrons. The van der Waals surface area contributed by atoms with Gasteiger partial charge in [-0.1, -0.05) is 44.2 Å². The Hall–Kier alpha value is -3.33. The first-order valence-electron chi connectivity index (χ1n) is 11.7. The van der Waals surface area contributed by atoms with Crippen LogP contribution in [0.15, 0.2) is 90.5 Å². The van der Waals surface area contributed by atoms with Crippen molar-refractivity contribution in [3.8, 4) is 22.6 Å². The van der Waals surface area contributed by atoms with Crippen LogP contribution in [0.1, 0.15) is 25.1 Å². The van der Waals surface area contributed by atoms with Gasteiger partial charge in [-0.2, -0.15) is 0 Å². The molecule has 0 atom stereocenters. The molecule has 0 unspecified atom stereocenters. The summed E-state index contributed by atoms with van der Waals surface area (Å²) >= 11 is 0. The van der Waals surface area contributed by atoms with Crippen molar-refractivity contribution in [3.63, 3.8) is 0 Å². The summed E-state index contributed by atoms with van der Waals surface area (Å²) in [7, 11) is 0. The third-order valence-corrected chi connectivity index (χ3v) is 6.04. The van der Waals surface area contributed by atoms with Crippen LogP contribution in [0, 0.1) is 25.0 Å². The Labute approximate surface area is 220 Å². The van der Waals surface area contributed by atoms with Crippen LogP contribution in [0.5, 0.6) is 0 Å². The Morgan fingerprint density at radius 2 is 1.51 bits per heavy atom. The molecule has 1 radical (unpaired) electrons. The van der Waals surface area contributed by atoms with Gasteiger partial charge in [-0.25, -0.2) is 0 Å². The number of pyridine rings is 1. The molecule has 6 rings (SSSR count). The predicted molar refractivity (Wildman–Crippen MR) is 140 cm³/mol. The van der Waals surface area contributed by atoms with Crippen molar-refractivity contribution in [1.29, 1.82) is 0 Å². The summed E-state index contributed by atoms with van der Waals surface area (Å²) in [6.07, 6.45) is 2.33. The standard InChI is InChI=1S/C19H17N2.C12H10N.Ir/c1-13(2)16-11-15-9-6-10-17-18(15)21(12-16)19(20-17)14-7-4-3-5-8-14;1-10-6-5-9-12(13-10)11-7-3-2-4-8-11;/h3-7,9-11,13H,12H2,1-2H3;2-7,9H,1H3;/q2*-1;. The predicted octanol–water partition coefficient (Wildman–Crippen LogP) is 7.41. The first-order valence-corrected chi connectivity index (χ1v) is 11.7. The van der Waals surface area contributed by atoms with Crippen LogP contribution >= 0.6 is 0 Å². The molecule has 0 saturated carbocycles. The summed E-state index contributed by atoms with van der Waals surface area (Å²) in [5, 5.41) is 0. The molecule has 0 aliphatic carbocycles. The molecule has 0 N–H and O–H groups in total. The van der Waals surface area contributed by atoms with Gasteiger partial charge in [-0.05, 0) is 41.8 Å². The van der Waals surface area contributed by atoms with E-state index in [0.717, 1.165) is 40.4 Å². The van der Waals surface area contributed by atoms with E-state index in [2.05, 4.69) is 65.9 Å². The second-order valence-electron chi connectivity index (χ2n) is 8.83. The average Bonchev–Trinajstić information content (AvgIpc) is 3.25. The zero-order valence-corrected chi connectivity index (χ0v) is 22.5. The number of aromatic nitrogens is 3. The third kappa shape index (κ3) is 5.35. The Bertz CT molecular complexity index is 1450.